The molecule has 3 aliphatic rings. The molecule has 2 fully saturated rings. The monoisotopic (exact) mass is 464 g/mol. The Labute approximate surface area is 198 Å². The van der Waals surface area contributed by atoms with Crippen molar-refractivity contribution in [1.29, 1.82) is 0 Å². The molecule has 3 amide bonds. The standard InChI is InChI=1S/C24H28N6O4/c31-22(6-3-7-30-23(32)19-4-1-2-5-20(19)24(30)33)29-10-8-28(9-11-29)21-16-18(17-25-26-21)27-12-14-34-15-13-27/h1-2,4-5,16-17H,3,6-15H2. The summed E-state index contributed by atoms with van der Waals surface area (Å²) in [6, 6.07) is 8.89. The maximum Gasteiger partial charge on any atom is 0.261 e. The summed E-state index contributed by atoms with van der Waals surface area (Å²) in [6.07, 6.45) is 2.54. The molecule has 0 aliphatic carbocycles. The zero-order chi connectivity index (χ0) is 23.5. The summed E-state index contributed by atoms with van der Waals surface area (Å²) in [5.74, 6) is 0.315. The molecular formula is C24H28N6O4. The van der Waals surface area contributed by atoms with Gasteiger partial charge in [0.15, 0.2) is 5.82 Å². The van der Waals surface area contributed by atoms with E-state index in [0.29, 0.717) is 63.4 Å². The SMILES string of the molecule is O=C(CCCN1C(=O)c2ccccc2C1=O)N1CCN(c2cc(N3CCOCC3)cnn2)CC1. The van der Waals surface area contributed by atoms with Crippen molar-refractivity contribution in [1.82, 2.24) is 20.0 Å². The van der Waals surface area contributed by atoms with Crippen LogP contribution >= 0.6 is 0 Å². The summed E-state index contributed by atoms with van der Waals surface area (Å²) in [4.78, 5) is 45.1. The van der Waals surface area contributed by atoms with Crippen LogP contribution in [0.25, 0.3) is 0 Å². The fourth-order valence-corrected chi connectivity index (χ4v) is 4.67. The number of amides is 3. The smallest absolute Gasteiger partial charge is 0.261 e. The normalized spacial score (nSPS) is 18.5. The number of rotatable bonds is 6. The number of morpholine rings is 1. The first-order chi connectivity index (χ1) is 16.6. The van der Waals surface area contributed by atoms with E-state index >= 15 is 0 Å². The first-order valence-corrected chi connectivity index (χ1v) is 11.8. The van der Waals surface area contributed by atoms with Crippen molar-refractivity contribution in [3.05, 3.63) is 47.7 Å². The minimum absolute atomic E-state index is 0.0458. The molecule has 0 unspecified atom stereocenters. The lowest BCUT2D eigenvalue weighted by atomic mass is 10.1. The lowest BCUT2D eigenvalue weighted by molar-refractivity contribution is -0.131. The van der Waals surface area contributed by atoms with E-state index in [1.807, 2.05) is 4.90 Å². The zero-order valence-electron chi connectivity index (χ0n) is 19.1. The number of imide groups is 1. The van der Waals surface area contributed by atoms with Crippen LogP contribution in [0.15, 0.2) is 36.5 Å². The Hall–Kier alpha value is -3.53. The van der Waals surface area contributed by atoms with E-state index in [1.165, 1.54) is 4.90 Å². The molecule has 178 valence electrons. The van der Waals surface area contributed by atoms with E-state index in [1.54, 1.807) is 30.5 Å². The molecule has 0 saturated carbocycles. The fourth-order valence-electron chi connectivity index (χ4n) is 4.67. The highest BCUT2D eigenvalue weighted by molar-refractivity contribution is 6.21. The first-order valence-electron chi connectivity index (χ1n) is 11.8. The molecule has 2 saturated heterocycles. The van der Waals surface area contributed by atoms with Gasteiger partial charge in [-0.25, -0.2) is 0 Å². The van der Waals surface area contributed by atoms with Gasteiger partial charge in [0.05, 0.1) is 36.2 Å². The third-order valence-corrected chi connectivity index (χ3v) is 6.61. The third kappa shape index (κ3) is 4.45. The van der Waals surface area contributed by atoms with Gasteiger partial charge in [0.25, 0.3) is 11.8 Å². The molecule has 1 aromatic heterocycles. The number of hydrogen-bond donors (Lipinski definition) is 0. The van der Waals surface area contributed by atoms with Crippen LogP contribution in [0.1, 0.15) is 33.6 Å². The van der Waals surface area contributed by atoms with Crippen LogP contribution in [0, 0.1) is 0 Å². The third-order valence-electron chi connectivity index (χ3n) is 6.61. The molecule has 2 aromatic rings. The number of carbonyl (C=O) groups is 3. The maximum atomic E-state index is 12.7. The second-order valence-corrected chi connectivity index (χ2v) is 8.65. The second kappa shape index (κ2) is 9.76. The summed E-state index contributed by atoms with van der Waals surface area (Å²) in [7, 11) is 0. The van der Waals surface area contributed by atoms with E-state index in [-0.39, 0.29) is 24.3 Å². The number of piperazine rings is 1. The van der Waals surface area contributed by atoms with Crippen molar-refractivity contribution >= 4 is 29.2 Å². The highest BCUT2D eigenvalue weighted by Crippen LogP contribution is 2.23. The van der Waals surface area contributed by atoms with Crippen molar-refractivity contribution in [2.24, 2.45) is 0 Å². The second-order valence-electron chi connectivity index (χ2n) is 8.65. The summed E-state index contributed by atoms with van der Waals surface area (Å²) in [5.41, 5.74) is 1.92. The number of nitrogens with zero attached hydrogens (tertiary/aromatic N) is 6. The van der Waals surface area contributed by atoms with Gasteiger partial charge in [-0.1, -0.05) is 12.1 Å². The average Bonchev–Trinajstić information content (AvgIpc) is 3.14. The topological polar surface area (TPSA) is 99.2 Å². The molecule has 34 heavy (non-hydrogen) atoms. The molecule has 0 N–H and O–H groups in total. The van der Waals surface area contributed by atoms with Crippen molar-refractivity contribution < 1.29 is 19.1 Å². The van der Waals surface area contributed by atoms with Crippen LogP contribution in [0.5, 0.6) is 0 Å². The molecular weight excluding hydrogens is 436 g/mol. The molecule has 10 nitrogen and oxygen atoms in total. The molecule has 5 rings (SSSR count). The van der Waals surface area contributed by atoms with Crippen molar-refractivity contribution in [3.8, 4) is 0 Å². The summed E-state index contributed by atoms with van der Waals surface area (Å²) in [6.45, 7) is 5.95. The van der Waals surface area contributed by atoms with Gasteiger partial charge in [0, 0.05) is 58.3 Å². The Morgan fingerprint density at radius 2 is 1.59 bits per heavy atom. The van der Waals surface area contributed by atoms with Crippen LogP contribution in [0.2, 0.25) is 0 Å². The predicted octanol–water partition coefficient (Wildman–Crippen LogP) is 1.04. The van der Waals surface area contributed by atoms with E-state index in [0.717, 1.165) is 24.6 Å². The van der Waals surface area contributed by atoms with Crippen LogP contribution in [0.3, 0.4) is 0 Å². The zero-order valence-corrected chi connectivity index (χ0v) is 19.1. The van der Waals surface area contributed by atoms with Gasteiger partial charge >= 0.3 is 0 Å². The van der Waals surface area contributed by atoms with Gasteiger partial charge in [0.1, 0.15) is 0 Å². The van der Waals surface area contributed by atoms with Crippen LogP contribution in [0.4, 0.5) is 11.5 Å². The number of fused-ring (bicyclic) bond motifs is 1. The van der Waals surface area contributed by atoms with Gasteiger partial charge in [-0.3, -0.25) is 19.3 Å². The molecule has 10 heteroatoms. The molecule has 0 bridgehead atoms. The number of ether oxygens (including phenoxy) is 1. The highest BCUT2D eigenvalue weighted by Gasteiger charge is 2.34. The maximum absolute atomic E-state index is 12.7. The van der Waals surface area contributed by atoms with Crippen LogP contribution < -0.4 is 9.80 Å². The van der Waals surface area contributed by atoms with E-state index in [9.17, 15) is 14.4 Å². The number of hydrogen-bond acceptors (Lipinski definition) is 8. The minimum atomic E-state index is -0.276. The number of aromatic nitrogens is 2. The largest absolute Gasteiger partial charge is 0.378 e. The summed E-state index contributed by atoms with van der Waals surface area (Å²) >= 11 is 0. The molecule has 3 aliphatic heterocycles. The molecule has 1 aromatic carbocycles. The Balaban J connectivity index is 1.09. The van der Waals surface area contributed by atoms with Crippen molar-refractivity contribution in [2.75, 3.05) is 68.8 Å². The molecule has 0 spiro atoms. The first kappa shape index (κ1) is 22.3. The Morgan fingerprint density at radius 3 is 2.26 bits per heavy atom. The van der Waals surface area contributed by atoms with Gasteiger partial charge in [-0.15, -0.1) is 5.10 Å². The fraction of sp³-hybridized carbons (Fsp3) is 0.458. The van der Waals surface area contributed by atoms with Crippen molar-refractivity contribution in [3.63, 3.8) is 0 Å². The lowest BCUT2D eigenvalue weighted by Gasteiger charge is -2.36. The number of benzene rings is 1. The molecule has 4 heterocycles. The summed E-state index contributed by atoms with van der Waals surface area (Å²) < 4.78 is 5.42. The van der Waals surface area contributed by atoms with Crippen LogP contribution in [-0.2, 0) is 9.53 Å². The molecule has 0 atom stereocenters. The van der Waals surface area contributed by atoms with Gasteiger partial charge in [-0.2, -0.15) is 5.10 Å². The average molecular weight is 465 g/mol. The Bertz CT molecular complexity index is 1040. The van der Waals surface area contributed by atoms with E-state index in [2.05, 4.69) is 26.1 Å². The van der Waals surface area contributed by atoms with Gasteiger partial charge in [-0.05, 0) is 18.6 Å². The van der Waals surface area contributed by atoms with E-state index < -0.39 is 0 Å². The minimum Gasteiger partial charge on any atom is -0.378 e. The predicted molar refractivity (Wildman–Crippen MR) is 125 cm³/mol. The van der Waals surface area contributed by atoms with Crippen LogP contribution in [-0.4, -0.2) is 96.7 Å². The van der Waals surface area contributed by atoms with Crippen molar-refractivity contribution in [2.45, 2.75) is 12.8 Å². The highest BCUT2D eigenvalue weighted by atomic mass is 16.5. The quantitative estimate of drug-likeness (QED) is 0.585. The molecule has 0 radical (unpaired) electrons. The lowest BCUT2D eigenvalue weighted by Crippen LogP contribution is -2.49. The van der Waals surface area contributed by atoms with Gasteiger partial charge in [0.2, 0.25) is 5.91 Å². The van der Waals surface area contributed by atoms with Gasteiger partial charge < -0.3 is 19.4 Å². The Kier molecular flexibility index (Phi) is 6.39. The Morgan fingerprint density at radius 1 is 0.912 bits per heavy atom. The summed E-state index contributed by atoms with van der Waals surface area (Å²) in [5, 5.41) is 8.48. The number of anilines is 2. The van der Waals surface area contributed by atoms with E-state index in [4.69, 9.17) is 4.74 Å². The number of carbonyl (C=O) groups excluding carboxylic acids is 3.